The van der Waals surface area contributed by atoms with Gasteiger partial charge in [0, 0.05) is 0 Å². The van der Waals surface area contributed by atoms with Crippen molar-refractivity contribution in [3.63, 3.8) is 0 Å². The maximum Gasteiger partial charge on any atom is 2.00 e. The van der Waals surface area contributed by atoms with Gasteiger partial charge in [0.15, 0.2) is 0 Å². The van der Waals surface area contributed by atoms with Crippen molar-refractivity contribution in [2.45, 2.75) is 20.3 Å². The Morgan fingerprint density at radius 2 is 0.971 bits per heavy atom. The van der Waals surface area contributed by atoms with Crippen LogP contribution in [0.15, 0.2) is 78.9 Å². The third-order valence-corrected chi connectivity index (χ3v) is 3.43. The third-order valence-electron chi connectivity index (χ3n) is 3.43. The summed E-state index contributed by atoms with van der Waals surface area (Å²) in [7, 11) is 11.2. The average Bonchev–Trinajstić information content (AvgIpc) is 3.36. The summed E-state index contributed by atoms with van der Waals surface area (Å²) in [5.41, 5.74) is 5.05. The van der Waals surface area contributed by atoms with Crippen LogP contribution >= 0.6 is 0 Å². The van der Waals surface area contributed by atoms with Crippen LogP contribution in [-0.2, 0) is 21.7 Å². The normalized spacial score (nSPS) is 10.2. The molecule has 3 nitrogen and oxygen atoms in total. The standard InChI is InChI=1S/C18H18.C5H5.3C2H7N.CH3.Ti/c1-15-7-11-17(12-8-15)5-3-4-6-18-13-9-16(2)10-14-18;1-2-4-5-3-1;3*1-3-2;;/h3-14H,1-2H3;1-3H,4H2;3*3H,1-2H3;1H3;/q;-1;;;;-1;+2. The number of hydrogen-bond donors (Lipinski definition) is 3. The van der Waals surface area contributed by atoms with Crippen molar-refractivity contribution >= 4 is 12.2 Å². The van der Waals surface area contributed by atoms with Crippen molar-refractivity contribution in [2.24, 2.45) is 0 Å². The molecule has 186 valence electrons. The fourth-order valence-corrected chi connectivity index (χ4v) is 2.03. The zero-order valence-corrected chi connectivity index (χ0v) is 24.4. The van der Waals surface area contributed by atoms with Crippen LogP contribution in [0.3, 0.4) is 0 Å². The van der Waals surface area contributed by atoms with Gasteiger partial charge in [-0.05, 0) is 67.3 Å². The molecule has 2 aromatic rings. The molecular formula is C30H47N3Ti. The number of benzene rings is 2. The van der Waals surface area contributed by atoms with Crippen LogP contribution in [0.2, 0.25) is 0 Å². The maximum absolute atomic E-state index is 2.99. The summed E-state index contributed by atoms with van der Waals surface area (Å²) >= 11 is 0. The summed E-state index contributed by atoms with van der Waals surface area (Å²) in [6.07, 6.45) is 18.4. The number of rotatable bonds is 3. The monoisotopic (exact) mass is 497 g/mol. The zero-order chi connectivity index (χ0) is 24.5. The Labute approximate surface area is 226 Å². The molecule has 0 saturated heterocycles. The molecular weight excluding hydrogens is 450 g/mol. The van der Waals surface area contributed by atoms with Crippen LogP contribution in [0.25, 0.3) is 12.2 Å². The van der Waals surface area contributed by atoms with Gasteiger partial charge in [-0.25, -0.2) is 12.2 Å². The molecule has 0 aromatic heterocycles. The Balaban J connectivity index is -0.000000233. The molecule has 3 rings (SSSR count). The molecule has 0 unspecified atom stereocenters. The van der Waals surface area contributed by atoms with Crippen LogP contribution in [-0.4, -0.2) is 42.3 Å². The van der Waals surface area contributed by atoms with Gasteiger partial charge in [0.25, 0.3) is 0 Å². The van der Waals surface area contributed by atoms with Crippen molar-refractivity contribution < 1.29 is 21.7 Å². The molecule has 0 fully saturated rings. The van der Waals surface area contributed by atoms with E-state index in [1.807, 2.05) is 54.4 Å². The van der Waals surface area contributed by atoms with E-state index in [9.17, 15) is 0 Å². The summed E-state index contributed by atoms with van der Waals surface area (Å²) in [5.74, 6) is 0. The van der Waals surface area contributed by atoms with Crippen LogP contribution in [0.1, 0.15) is 28.7 Å². The van der Waals surface area contributed by atoms with Gasteiger partial charge in [-0.2, -0.15) is 6.08 Å². The van der Waals surface area contributed by atoms with E-state index in [1.165, 1.54) is 22.3 Å². The second-order valence-corrected chi connectivity index (χ2v) is 7.04. The van der Waals surface area contributed by atoms with E-state index in [0.717, 1.165) is 6.42 Å². The smallest absolute Gasteiger partial charge is 0.358 e. The number of nitrogens with one attached hydrogen (secondary N) is 3. The SMILES string of the molecule is CNC.CNC.CNC.Cc1ccc(C=CC=Cc2ccc(C)cc2)cc1.[C-]1=CC=CC1.[CH3-].[Ti+2]. The average molecular weight is 498 g/mol. The molecule has 0 amide bonds. The van der Waals surface area contributed by atoms with Gasteiger partial charge in [-0.15, -0.1) is 6.42 Å². The molecule has 1 aliphatic rings. The Hall–Kier alpha value is -2.01. The van der Waals surface area contributed by atoms with Gasteiger partial charge < -0.3 is 23.4 Å². The second kappa shape index (κ2) is 31.0. The summed E-state index contributed by atoms with van der Waals surface area (Å²) < 4.78 is 0. The van der Waals surface area contributed by atoms with Crippen molar-refractivity contribution in [1.29, 1.82) is 0 Å². The molecule has 0 radical (unpaired) electrons. The fraction of sp³-hybridized carbons (Fsp3) is 0.300. The van der Waals surface area contributed by atoms with Gasteiger partial charge in [0.05, 0.1) is 0 Å². The van der Waals surface area contributed by atoms with Crippen LogP contribution in [0, 0.1) is 27.4 Å². The van der Waals surface area contributed by atoms with Crippen LogP contribution in [0.5, 0.6) is 0 Å². The van der Waals surface area contributed by atoms with Crippen molar-refractivity contribution in [3.8, 4) is 0 Å². The molecule has 1 aliphatic carbocycles. The van der Waals surface area contributed by atoms with E-state index in [2.05, 4.69) is 115 Å². The van der Waals surface area contributed by atoms with Crippen molar-refractivity contribution in [1.82, 2.24) is 16.0 Å². The van der Waals surface area contributed by atoms with E-state index < -0.39 is 0 Å². The first kappa shape index (κ1) is 39.2. The van der Waals surface area contributed by atoms with Crippen molar-refractivity contribution in [3.05, 3.63) is 115 Å². The van der Waals surface area contributed by atoms with E-state index >= 15 is 0 Å². The molecule has 0 heterocycles. The topological polar surface area (TPSA) is 36.1 Å². The minimum Gasteiger partial charge on any atom is -0.358 e. The van der Waals surface area contributed by atoms with Gasteiger partial charge in [-0.1, -0.05) is 84.0 Å². The Kier molecular flexibility index (Phi) is 35.8. The van der Waals surface area contributed by atoms with Gasteiger partial charge in [-0.3, -0.25) is 6.08 Å². The maximum atomic E-state index is 2.99. The molecule has 0 atom stereocenters. The second-order valence-electron chi connectivity index (χ2n) is 7.04. The van der Waals surface area contributed by atoms with E-state index in [4.69, 9.17) is 0 Å². The first-order valence-corrected chi connectivity index (χ1v) is 10.9. The van der Waals surface area contributed by atoms with Gasteiger partial charge >= 0.3 is 21.7 Å². The number of hydrogen-bond acceptors (Lipinski definition) is 3. The predicted molar refractivity (Wildman–Crippen MR) is 153 cm³/mol. The zero-order valence-electron chi connectivity index (χ0n) is 22.9. The van der Waals surface area contributed by atoms with E-state index in [0.29, 0.717) is 0 Å². The summed E-state index contributed by atoms with van der Waals surface area (Å²) in [5, 5.41) is 8.25. The van der Waals surface area contributed by atoms with E-state index in [1.54, 1.807) is 0 Å². The number of aryl methyl sites for hydroxylation is 2. The quantitative estimate of drug-likeness (QED) is 0.265. The summed E-state index contributed by atoms with van der Waals surface area (Å²) in [6, 6.07) is 17.0. The first-order chi connectivity index (χ1) is 15.5. The van der Waals surface area contributed by atoms with Crippen molar-refractivity contribution in [2.75, 3.05) is 42.3 Å². The molecule has 0 aliphatic heterocycles. The first-order valence-electron chi connectivity index (χ1n) is 10.9. The summed E-state index contributed by atoms with van der Waals surface area (Å²) in [6.45, 7) is 4.20. The Bertz CT molecular complexity index is 690. The van der Waals surface area contributed by atoms with Crippen LogP contribution < -0.4 is 16.0 Å². The number of allylic oxidation sites excluding steroid dienone is 6. The molecule has 3 N–H and O–H groups in total. The molecule has 0 saturated carbocycles. The molecule has 0 bridgehead atoms. The molecule has 34 heavy (non-hydrogen) atoms. The largest absolute Gasteiger partial charge is 2.00 e. The molecule has 0 spiro atoms. The van der Waals surface area contributed by atoms with Gasteiger partial charge in [0.2, 0.25) is 0 Å². The fourth-order valence-electron chi connectivity index (χ4n) is 2.03. The summed E-state index contributed by atoms with van der Waals surface area (Å²) in [4.78, 5) is 0. The van der Waals surface area contributed by atoms with E-state index in [-0.39, 0.29) is 29.1 Å². The van der Waals surface area contributed by atoms with Gasteiger partial charge in [0.1, 0.15) is 0 Å². The minimum absolute atomic E-state index is 0. The predicted octanol–water partition coefficient (Wildman–Crippen LogP) is 6.29. The minimum atomic E-state index is 0. The van der Waals surface area contributed by atoms with Crippen LogP contribution in [0.4, 0.5) is 0 Å². The molecule has 4 heteroatoms. The third kappa shape index (κ3) is 28.0. The molecule has 2 aromatic carbocycles. The Morgan fingerprint density at radius 3 is 1.18 bits per heavy atom. The Morgan fingerprint density at radius 1 is 0.647 bits per heavy atom.